The van der Waals surface area contributed by atoms with Crippen molar-refractivity contribution in [2.24, 2.45) is 10.3 Å². The number of morpholine rings is 1. The van der Waals surface area contributed by atoms with E-state index in [1.54, 1.807) is 6.92 Å². The monoisotopic (exact) mass is 380 g/mol. The fourth-order valence-corrected chi connectivity index (χ4v) is 4.02. The predicted molar refractivity (Wildman–Crippen MR) is 103 cm³/mol. The summed E-state index contributed by atoms with van der Waals surface area (Å²) in [6.07, 6.45) is -0.500. The molecule has 7 heteroatoms. The Labute approximate surface area is 164 Å². The third kappa shape index (κ3) is 3.06. The molecule has 0 aromatic heterocycles. The zero-order chi connectivity index (χ0) is 19.4. The fraction of sp³-hybridized carbons (Fsp3) is 0.381. The summed E-state index contributed by atoms with van der Waals surface area (Å²) >= 11 is 0. The molecule has 1 saturated heterocycles. The minimum absolute atomic E-state index is 0.273. The van der Waals surface area contributed by atoms with Crippen LogP contribution >= 0.6 is 0 Å². The van der Waals surface area contributed by atoms with Crippen molar-refractivity contribution in [3.8, 4) is 0 Å². The number of rotatable bonds is 4. The Bertz CT molecular complexity index is 824. The first-order chi connectivity index (χ1) is 13.8. The molecule has 0 unspecified atom stereocenters. The maximum atomic E-state index is 12.9. The Kier molecular flexibility index (Phi) is 5.36. The smallest absolute Gasteiger partial charge is 0.434 e. The van der Waals surface area contributed by atoms with E-state index >= 15 is 0 Å². The van der Waals surface area contributed by atoms with Gasteiger partial charge in [0, 0.05) is 13.1 Å². The van der Waals surface area contributed by atoms with Crippen molar-refractivity contribution in [3.05, 3.63) is 71.8 Å². The van der Waals surface area contributed by atoms with Crippen molar-refractivity contribution in [1.29, 1.82) is 0 Å². The number of hydrogen-bond acceptors (Lipinski definition) is 6. The molecule has 2 atom stereocenters. The SMILES string of the molecule is CCOC(=O)N1N=N[C@H](c2ccccc2)[C@]1(c1ccccc1)N1CCOCC1. The van der Waals surface area contributed by atoms with Crippen LogP contribution in [0.4, 0.5) is 4.79 Å². The molecule has 7 nitrogen and oxygen atoms in total. The summed E-state index contributed by atoms with van der Waals surface area (Å²) in [6.45, 7) is 4.57. The third-order valence-corrected chi connectivity index (χ3v) is 5.21. The largest absolute Gasteiger partial charge is 0.448 e. The van der Waals surface area contributed by atoms with E-state index in [4.69, 9.17) is 9.47 Å². The number of ether oxygens (including phenoxy) is 2. The van der Waals surface area contributed by atoms with E-state index < -0.39 is 11.8 Å². The number of amides is 1. The highest BCUT2D eigenvalue weighted by atomic mass is 16.6. The number of hydrogen-bond donors (Lipinski definition) is 0. The molecule has 1 fully saturated rings. The van der Waals surface area contributed by atoms with Gasteiger partial charge in [0.2, 0.25) is 0 Å². The summed E-state index contributed by atoms with van der Waals surface area (Å²) in [6, 6.07) is 19.6. The average Bonchev–Trinajstić information content (AvgIpc) is 3.17. The molecule has 2 aromatic carbocycles. The zero-order valence-corrected chi connectivity index (χ0v) is 15.9. The molecule has 2 aromatic rings. The summed E-state index contributed by atoms with van der Waals surface area (Å²) in [4.78, 5) is 15.2. The van der Waals surface area contributed by atoms with Gasteiger partial charge < -0.3 is 9.47 Å². The van der Waals surface area contributed by atoms with Gasteiger partial charge >= 0.3 is 6.09 Å². The maximum absolute atomic E-state index is 12.9. The Morgan fingerprint density at radius 1 is 1.11 bits per heavy atom. The van der Waals surface area contributed by atoms with Crippen molar-refractivity contribution in [2.75, 3.05) is 32.9 Å². The van der Waals surface area contributed by atoms with Crippen LogP contribution in [0.1, 0.15) is 24.1 Å². The van der Waals surface area contributed by atoms with Crippen LogP contribution in [0.3, 0.4) is 0 Å². The van der Waals surface area contributed by atoms with Crippen LogP contribution in [0.2, 0.25) is 0 Å². The molecular formula is C21H24N4O3. The van der Waals surface area contributed by atoms with E-state index in [-0.39, 0.29) is 12.6 Å². The minimum atomic E-state index is -0.904. The van der Waals surface area contributed by atoms with Crippen LogP contribution in [0, 0.1) is 0 Å². The van der Waals surface area contributed by atoms with Crippen molar-refractivity contribution in [2.45, 2.75) is 18.6 Å². The van der Waals surface area contributed by atoms with E-state index in [2.05, 4.69) is 15.2 Å². The highest BCUT2D eigenvalue weighted by Gasteiger charge is 2.58. The van der Waals surface area contributed by atoms with Crippen LogP contribution in [0.25, 0.3) is 0 Å². The van der Waals surface area contributed by atoms with Crippen LogP contribution < -0.4 is 0 Å². The lowest BCUT2D eigenvalue weighted by Gasteiger charge is -2.48. The van der Waals surface area contributed by atoms with Gasteiger partial charge in [0.15, 0.2) is 5.66 Å². The van der Waals surface area contributed by atoms with Gasteiger partial charge in [0.25, 0.3) is 0 Å². The molecule has 0 N–H and O–H groups in total. The molecule has 0 radical (unpaired) electrons. The Morgan fingerprint density at radius 2 is 1.75 bits per heavy atom. The van der Waals surface area contributed by atoms with E-state index in [0.717, 1.165) is 11.1 Å². The molecule has 2 aliphatic heterocycles. The van der Waals surface area contributed by atoms with E-state index in [9.17, 15) is 4.79 Å². The summed E-state index contributed by atoms with van der Waals surface area (Å²) in [7, 11) is 0. The molecule has 0 aliphatic carbocycles. The lowest BCUT2D eigenvalue weighted by molar-refractivity contribution is -0.0965. The van der Waals surface area contributed by atoms with E-state index in [0.29, 0.717) is 26.3 Å². The van der Waals surface area contributed by atoms with Crippen molar-refractivity contribution < 1.29 is 14.3 Å². The van der Waals surface area contributed by atoms with Gasteiger partial charge in [0.05, 0.1) is 19.8 Å². The Morgan fingerprint density at radius 3 is 2.39 bits per heavy atom. The standard InChI is InChI=1S/C21H24N4O3/c1-2-28-20(26)25-21(18-11-7-4-8-12-18,24-13-15-27-16-14-24)19(22-23-25)17-9-5-3-6-10-17/h3-12,19H,2,13-16H2,1H3/t19-,21-/m1/s1. The van der Waals surface area contributed by atoms with E-state index in [1.165, 1.54) is 5.01 Å². The van der Waals surface area contributed by atoms with E-state index in [1.807, 2.05) is 60.7 Å². The maximum Gasteiger partial charge on any atom is 0.434 e. The predicted octanol–water partition coefficient (Wildman–Crippen LogP) is 3.75. The lowest BCUT2D eigenvalue weighted by Crippen LogP contribution is -2.61. The van der Waals surface area contributed by atoms with Gasteiger partial charge in [-0.25, -0.2) is 4.79 Å². The molecule has 1 amide bonds. The van der Waals surface area contributed by atoms with Crippen LogP contribution in [-0.4, -0.2) is 48.9 Å². The highest BCUT2D eigenvalue weighted by molar-refractivity contribution is 5.69. The topological polar surface area (TPSA) is 66.7 Å². The first-order valence-corrected chi connectivity index (χ1v) is 9.59. The van der Waals surface area contributed by atoms with Gasteiger partial charge in [-0.3, -0.25) is 4.90 Å². The normalized spacial score (nSPS) is 25.0. The minimum Gasteiger partial charge on any atom is -0.448 e. The lowest BCUT2D eigenvalue weighted by atomic mass is 9.85. The van der Waals surface area contributed by atoms with Crippen molar-refractivity contribution in [3.63, 3.8) is 0 Å². The molecule has 2 heterocycles. The van der Waals surface area contributed by atoms with Crippen LogP contribution in [0.5, 0.6) is 0 Å². The van der Waals surface area contributed by atoms with Crippen LogP contribution in [0.15, 0.2) is 71.0 Å². The Hall–Kier alpha value is -2.77. The second kappa shape index (κ2) is 8.08. The van der Waals surface area contributed by atoms with Crippen molar-refractivity contribution in [1.82, 2.24) is 9.91 Å². The fourth-order valence-electron chi connectivity index (χ4n) is 4.02. The van der Waals surface area contributed by atoms with Crippen LogP contribution in [-0.2, 0) is 15.1 Å². The first kappa shape index (κ1) is 18.6. The Balaban J connectivity index is 1.90. The van der Waals surface area contributed by atoms with Gasteiger partial charge in [-0.05, 0) is 18.1 Å². The molecule has 2 aliphatic rings. The summed E-state index contributed by atoms with van der Waals surface area (Å²) in [5.74, 6) is 0. The summed E-state index contributed by atoms with van der Waals surface area (Å²) < 4.78 is 10.9. The number of carbonyl (C=O) groups excluding carboxylic acids is 1. The summed E-state index contributed by atoms with van der Waals surface area (Å²) in [5, 5.41) is 10.3. The number of benzene rings is 2. The van der Waals surface area contributed by atoms with Gasteiger partial charge in [-0.15, -0.1) is 0 Å². The first-order valence-electron chi connectivity index (χ1n) is 9.59. The molecule has 146 valence electrons. The van der Waals surface area contributed by atoms with Gasteiger partial charge in [-0.1, -0.05) is 65.9 Å². The second-order valence-electron chi connectivity index (χ2n) is 6.72. The summed E-state index contributed by atoms with van der Waals surface area (Å²) in [5.41, 5.74) is 1.04. The molecule has 28 heavy (non-hydrogen) atoms. The molecule has 4 rings (SSSR count). The second-order valence-corrected chi connectivity index (χ2v) is 6.72. The molecule has 0 bridgehead atoms. The quantitative estimate of drug-likeness (QED) is 0.810. The third-order valence-electron chi connectivity index (χ3n) is 5.21. The van der Waals surface area contributed by atoms with Gasteiger partial charge in [0.1, 0.15) is 6.04 Å². The highest BCUT2D eigenvalue weighted by Crippen LogP contribution is 2.50. The number of nitrogens with zero attached hydrogens (tertiary/aromatic N) is 4. The molecule has 0 spiro atoms. The molecule has 0 saturated carbocycles. The van der Waals surface area contributed by atoms with Gasteiger partial charge in [-0.2, -0.15) is 10.1 Å². The zero-order valence-electron chi connectivity index (χ0n) is 15.9. The number of carbonyl (C=O) groups is 1. The van der Waals surface area contributed by atoms with Crippen molar-refractivity contribution >= 4 is 6.09 Å². The molecular weight excluding hydrogens is 356 g/mol. The average molecular weight is 380 g/mol.